The number of aliphatic hydroxyl groups is 1. The number of piperazine rings is 1. The second-order valence-corrected chi connectivity index (χ2v) is 9.34. The molecule has 10 heteroatoms. The molecule has 3 saturated heterocycles. The number of nitriles is 1. The molecule has 2 atom stereocenters. The van der Waals surface area contributed by atoms with Gasteiger partial charge >= 0.3 is 0 Å². The monoisotopic (exact) mass is 497 g/mol. The molecule has 0 aromatic carbocycles. The van der Waals surface area contributed by atoms with Crippen LogP contribution in [0.2, 0.25) is 0 Å². The van der Waals surface area contributed by atoms with Crippen molar-refractivity contribution in [3.8, 4) is 28.7 Å². The molecular weight excluding hydrogens is 470 g/mol. The number of rotatable bonds is 8. The number of pyridine rings is 3. The zero-order valence-corrected chi connectivity index (χ0v) is 20.5. The molecule has 1 N–H and O–H groups in total. The molecule has 0 saturated carbocycles. The number of hydrogen-bond donors (Lipinski definition) is 1. The molecule has 10 nitrogen and oxygen atoms in total. The van der Waals surface area contributed by atoms with Crippen LogP contribution in [0.4, 0.5) is 5.82 Å². The van der Waals surface area contributed by atoms with E-state index in [1.807, 2.05) is 36.5 Å². The first-order chi connectivity index (χ1) is 18.2. The average molecular weight is 498 g/mol. The van der Waals surface area contributed by atoms with E-state index in [2.05, 4.69) is 26.0 Å². The van der Waals surface area contributed by atoms with E-state index in [-0.39, 0.29) is 13.2 Å². The highest BCUT2D eigenvalue weighted by Crippen LogP contribution is 2.36. The number of aliphatic hydroxyl groups excluding tert-OH is 1. The maximum Gasteiger partial charge on any atom is 0.138 e. The normalized spacial score (nSPS) is 18.9. The number of ether oxygens (including phenoxy) is 2. The Morgan fingerprint density at radius 1 is 1.08 bits per heavy atom. The van der Waals surface area contributed by atoms with E-state index in [9.17, 15) is 5.26 Å². The Bertz CT molecular complexity index is 1430. The fraction of sp³-hybridized carbons (Fsp3) is 0.333. The van der Waals surface area contributed by atoms with E-state index in [1.54, 1.807) is 30.2 Å². The number of anilines is 1. The predicted molar refractivity (Wildman–Crippen MR) is 136 cm³/mol. The number of methoxy groups -OCH3 is 1. The second kappa shape index (κ2) is 9.69. The summed E-state index contributed by atoms with van der Waals surface area (Å²) in [4.78, 5) is 14.2. The van der Waals surface area contributed by atoms with Gasteiger partial charge in [-0.3, -0.25) is 9.88 Å². The minimum absolute atomic E-state index is 0.0853. The number of aromatic nitrogens is 4. The van der Waals surface area contributed by atoms with Crippen LogP contribution in [0.1, 0.15) is 17.7 Å². The number of nitrogens with zero attached hydrogens (tertiary/aromatic N) is 7. The summed E-state index contributed by atoms with van der Waals surface area (Å²) in [7, 11) is 1.65. The summed E-state index contributed by atoms with van der Waals surface area (Å²) in [5.74, 6) is 2.28. The second-order valence-electron chi connectivity index (χ2n) is 9.34. The summed E-state index contributed by atoms with van der Waals surface area (Å²) in [6.45, 7) is 2.79. The Morgan fingerprint density at radius 2 is 1.95 bits per heavy atom. The van der Waals surface area contributed by atoms with Crippen LogP contribution in [-0.2, 0) is 6.54 Å². The standard InChI is InChI=1S/C27H27N7O3/c1-36-23-4-3-20(29-13-23)14-33-21-8-22(33)16-32(15-21)26-5-2-18(11-30-26)25-9-24(37-7-6-35)17-34-27(25)19(10-28)12-31-34/h2-5,9,11-13,17,21-22,35H,6-8,14-16H2,1H3. The molecule has 3 fully saturated rings. The molecule has 3 aliphatic rings. The smallest absolute Gasteiger partial charge is 0.138 e. The van der Waals surface area contributed by atoms with Crippen molar-refractivity contribution in [1.82, 2.24) is 24.5 Å². The Balaban J connectivity index is 1.19. The number of fused-ring (bicyclic) bond motifs is 3. The highest BCUT2D eigenvalue weighted by atomic mass is 16.5. The Morgan fingerprint density at radius 3 is 2.62 bits per heavy atom. The molecule has 0 radical (unpaired) electrons. The fourth-order valence-corrected chi connectivity index (χ4v) is 5.32. The lowest BCUT2D eigenvalue weighted by Gasteiger charge is -2.56. The molecule has 0 amide bonds. The third kappa shape index (κ3) is 4.33. The van der Waals surface area contributed by atoms with Gasteiger partial charge in [-0.2, -0.15) is 10.4 Å². The van der Waals surface area contributed by atoms with Crippen molar-refractivity contribution in [2.45, 2.75) is 25.0 Å². The highest BCUT2D eigenvalue weighted by Gasteiger charge is 2.44. The summed E-state index contributed by atoms with van der Waals surface area (Å²) in [6, 6.07) is 13.1. The Kier molecular flexibility index (Phi) is 6.08. The predicted octanol–water partition coefficient (Wildman–Crippen LogP) is 2.51. The number of piperidine rings is 1. The molecule has 2 bridgehead atoms. The van der Waals surface area contributed by atoms with Gasteiger partial charge in [-0.15, -0.1) is 0 Å². The van der Waals surface area contributed by atoms with Crippen molar-refractivity contribution in [2.75, 3.05) is 38.3 Å². The fourth-order valence-electron chi connectivity index (χ4n) is 5.32. The van der Waals surface area contributed by atoms with Gasteiger partial charge in [0.1, 0.15) is 30.0 Å². The minimum Gasteiger partial charge on any atom is -0.495 e. The zero-order chi connectivity index (χ0) is 25.4. The van der Waals surface area contributed by atoms with Gasteiger partial charge in [0.25, 0.3) is 0 Å². The molecule has 37 heavy (non-hydrogen) atoms. The van der Waals surface area contributed by atoms with Gasteiger partial charge in [-0.1, -0.05) is 0 Å². The van der Waals surface area contributed by atoms with E-state index in [0.717, 1.165) is 48.0 Å². The van der Waals surface area contributed by atoms with Crippen LogP contribution in [0.25, 0.3) is 16.6 Å². The molecule has 3 aliphatic heterocycles. The van der Waals surface area contributed by atoms with Crippen molar-refractivity contribution in [3.05, 3.63) is 66.4 Å². The molecular formula is C27H27N7O3. The van der Waals surface area contributed by atoms with Crippen LogP contribution < -0.4 is 14.4 Å². The van der Waals surface area contributed by atoms with Crippen LogP contribution in [0.5, 0.6) is 11.5 Å². The van der Waals surface area contributed by atoms with Crippen molar-refractivity contribution in [3.63, 3.8) is 0 Å². The van der Waals surface area contributed by atoms with Crippen LogP contribution >= 0.6 is 0 Å². The van der Waals surface area contributed by atoms with E-state index < -0.39 is 0 Å². The molecule has 4 aromatic heterocycles. The largest absolute Gasteiger partial charge is 0.495 e. The van der Waals surface area contributed by atoms with Crippen LogP contribution in [-0.4, -0.2) is 75.1 Å². The first kappa shape index (κ1) is 23.2. The van der Waals surface area contributed by atoms with Gasteiger partial charge in [0, 0.05) is 49.0 Å². The molecule has 4 aromatic rings. The van der Waals surface area contributed by atoms with Crippen molar-refractivity contribution < 1.29 is 14.6 Å². The lowest BCUT2D eigenvalue weighted by Crippen LogP contribution is -2.68. The molecule has 7 rings (SSSR count). The maximum absolute atomic E-state index is 9.58. The van der Waals surface area contributed by atoms with Crippen molar-refractivity contribution in [2.24, 2.45) is 0 Å². The SMILES string of the molecule is COc1ccc(CN2C3CC2CN(c2ccc(-c4cc(OCCO)cn5ncc(C#N)c45)cn2)C3)nc1. The molecule has 188 valence electrons. The van der Waals surface area contributed by atoms with Gasteiger partial charge in [0.15, 0.2) is 0 Å². The van der Waals surface area contributed by atoms with Crippen LogP contribution in [0, 0.1) is 11.3 Å². The summed E-state index contributed by atoms with van der Waals surface area (Å²) in [5.41, 5.74) is 3.92. The average Bonchev–Trinajstić information content (AvgIpc) is 3.38. The first-order valence-electron chi connectivity index (χ1n) is 12.3. The summed E-state index contributed by atoms with van der Waals surface area (Å²) in [5, 5.41) is 23.0. The van der Waals surface area contributed by atoms with Crippen LogP contribution in [0.3, 0.4) is 0 Å². The van der Waals surface area contributed by atoms with Gasteiger partial charge < -0.3 is 19.5 Å². The quantitative estimate of drug-likeness (QED) is 0.392. The molecule has 0 spiro atoms. The van der Waals surface area contributed by atoms with Gasteiger partial charge in [0.05, 0.1) is 49.1 Å². The van der Waals surface area contributed by atoms with Crippen molar-refractivity contribution >= 4 is 11.3 Å². The lowest BCUT2D eigenvalue weighted by atomic mass is 9.87. The Hall–Kier alpha value is -4.20. The summed E-state index contributed by atoms with van der Waals surface area (Å²) in [6.07, 6.45) is 8.07. The van der Waals surface area contributed by atoms with Crippen LogP contribution in [0.15, 0.2) is 55.1 Å². The summed E-state index contributed by atoms with van der Waals surface area (Å²) < 4.78 is 12.5. The molecule has 7 heterocycles. The van der Waals surface area contributed by atoms with E-state index in [1.165, 1.54) is 6.42 Å². The third-order valence-electron chi connectivity index (χ3n) is 7.17. The topological polar surface area (TPSA) is 112 Å². The highest BCUT2D eigenvalue weighted by molar-refractivity contribution is 5.85. The van der Waals surface area contributed by atoms with E-state index in [0.29, 0.717) is 28.9 Å². The molecule has 2 unspecified atom stereocenters. The van der Waals surface area contributed by atoms with Crippen molar-refractivity contribution in [1.29, 1.82) is 5.26 Å². The first-order valence-corrected chi connectivity index (χ1v) is 12.3. The zero-order valence-electron chi connectivity index (χ0n) is 20.5. The maximum atomic E-state index is 9.58. The lowest BCUT2D eigenvalue weighted by molar-refractivity contribution is -0.00969. The minimum atomic E-state index is -0.0853. The van der Waals surface area contributed by atoms with E-state index >= 15 is 0 Å². The van der Waals surface area contributed by atoms with Gasteiger partial charge in [-0.05, 0) is 36.8 Å². The summed E-state index contributed by atoms with van der Waals surface area (Å²) >= 11 is 0. The van der Waals surface area contributed by atoms with Gasteiger partial charge in [0.2, 0.25) is 0 Å². The Labute approximate surface area is 214 Å². The van der Waals surface area contributed by atoms with Gasteiger partial charge in [-0.25, -0.2) is 9.50 Å². The van der Waals surface area contributed by atoms with E-state index in [4.69, 9.17) is 19.6 Å². The molecule has 0 aliphatic carbocycles. The number of hydrogen-bond acceptors (Lipinski definition) is 9. The third-order valence-corrected chi connectivity index (χ3v) is 7.17.